The zero-order valence-corrected chi connectivity index (χ0v) is 24.1. The molecule has 1 heterocycles. The maximum Gasteiger partial charge on any atom is 0.323 e. The Kier molecular flexibility index (Phi) is 11.7. The van der Waals surface area contributed by atoms with Gasteiger partial charge in [0.1, 0.15) is 6.04 Å². The summed E-state index contributed by atoms with van der Waals surface area (Å²) in [5.41, 5.74) is 2.94. The smallest absolute Gasteiger partial charge is 0.323 e. The topological polar surface area (TPSA) is 149 Å². The maximum atomic E-state index is 13.0. The van der Waals surface area contributed by atoms with Crippen LogP contribution in [-0.2, 0) is 25.5 Å². The molecule has 1 fully saturated rings. The number of rotatable bonds is 12. The molecule has 1 aliphatic rings. The van der Waals surface area contributed by atoms with Gasteiger partial charge in [0, 0.05) is 30.5 Å². The number of para-hydroxylation sites is 1. The minimum atomic E-state index is -1.01. The number of ether oxygens (including phenoxy) is 1. The summed E-state index contributed by atoms with van der Waals surface area (Å²) in [4.78, 5) is 52.1. The minimum Gasteiger partial charge on any atom is -0.481 e. The zero-order valence-electron chi connectivity index (χ0n) is 24.1. The number of carboxylic acids is 1. The number of aliphatic carboxylic acids is 1. The van der Waals surface area contributed by atoms with Gasteiger partial charge in [0.15, 0.2) is 0 Å². The summed E-state index contributed by atoms with van der Waals surface area (Å²) in [5.74, 6) is -2.49. The molecule has 1 saturated heterocycles. The second-order valence-corrected chi connectivity index (χ2v) is 10.8. The first kappa shape index (κ1) is 31.6. The number of nitrogens with one attached hydrogen (secondary N) is 4. The van der Waals surface area contributed by atoms with Gasteiger partial charge in [-0.05, 0) is 55.6 Å². The summed E-state index contributed by atoms with van der Waals surface area (Å²) in [7, 11) is 1.84. The van der Waals surface area contributed by atoms with Crippen LogP contribution < -0.4 is 21.3 Å². The Balaban J connectivity index is 1.54. The number of nitrogens with zero attached hydrogens (tertiary/aromatic N) is 1. The van der Waals surface area contributed by atoms with Crippen LogP contribution in [0.2, 0.25) is 0 Å². The number of morpholine rings is 1. The number of hydrogen-bond donors (Lipinski definition) is 5. The predicted molar refractivity (Wildman–Crippen MR) is 157 cm³/mol. The lowest BCUT2D eigenvalue weighted by Gasteiger charge is -2.36. The number of aryl methyl sites for hydroxylation is 1. The molecule has 2 aromatic carbocycles. The van der Waals surface area contributed by atoms with Crippen molar-refractivity contribution in [3.63, 3.8) is 0 Å². The lowest BCUT2D eigenvalue weighted by Crippen LogP contribution is -2.54. The number of amides is 4. The number of hydrogen-bond acceptors (Lipinski definition) is 6. The fourth-order valence-corrected chi connectivity index (χ4v) is 4.69. The fourth-order valence-electron chi connectivity index (χ4n) is 4.69. The van der Waals surface area contributed by atoms with E-state index in [0.29, 0.717) is 36.5 Å². The Labute approximate surface area is 241 Å². The van der Waals surface area contributed by atoms with E-state index in [0.717, 1.165) is 5.56 Å². The summed E-state index contributed by atoms with van der Waals surface area (Å²) in [6.07, 6.45) is 0.445. The van der Waals surface area contributed by atoms with Gasteiger partial charge in [0.2, 0.25) is 11.8 Å². The van der Waals surface area contributed by atoms with Crippen LogP contribution in [0.4, 0.5) is 16.2 Å². The number of urea groups is 1. The average Bonchev–Trinajstić information content (AvgIpc) is 2.91. The van der Waals surface area contributed by atoms with Crippen molar-refractivity contribution < 1.29 is 29.0 Å². The zero-order chi connectivity index (χ0) is 29.9. The molecule has 0 aliphatic carbocycles. The van der Waals surface area contributed by atoms with Crippen LogP contribution in [0.25, 0.3) is 0 Å². The molecule has 11 heteroatoms. The molecule has 0 saturated carbocycles. The third kappa shape index (κ3) is 9.87. The quantitative estimate of drug-likeness (QED) is 0.265. The summed E-state index contributed by atoms with van der Waals surface area (Å²) < 4.78 is 5.46. The molecule has 3 rings (SSSR count). The van der Waals surface area contributed by atoms with E-state index in [2.05, 4.69) is 21.3 Å². The van der Waals surface area contributed by atoms with Gasteiger partial charge >= 0.3 is 12.0 Å². The molecule has 0 aromatic heterocycles. The number of benzene rings is 2. The first-order valence-electron chi connectivity index (χ1n) is 13.8. The van der Waals surface area contributed by atoms with E-state index in [1.54, 1.807) is 24.3 Å². The molecule has 1 aliphatic heterocycles. The summed E-state index contributed by atoms with van der Waals surface area (Å²) in [6, 6.07) is 12.8. The molecule has 1 unspecified atom stereocenters. The molecule has 0 bridgehead atoms. The molecule has 11 nitrogen and oxygen atoms in total. The van der Waals surface area contributed by atoms with Crippen molar-refractivity contribution in [2.75, 3.05) is 44.0 Å². The predicted octanol–water partition coefficient (Wildman–Crippen LogP) is 2.86. The minimum absolute atomic E-state index is 0.0412. The molecule has 2 aromatic rings. The molecule has 0 radical (unpaired) electrons. The van der Waals surface area contributed by atoms with Crippen LogP contribution in [0.5, 0.6) is 0 Å². The third-order valence-electron chi connectivity index (χ3n) is 7.05. The van der Waals surface area contributed by atoms with E-state index in [1.165, 1.54) is 0 Å². The van der Waals surface area contributed by atoms with Crippen molar-refractivity contribution in [1.82, 2.24) is 15.5 Å². The van der Waals surface area contributed by atoms with Gasteiger partial charge in [0.05, 0.1) is 25.6 Å². The maximum absolute atomic E-state index is 13.0. The van der Waals surface area contributed by atoms with Crippen LogP contribution in [0, 0.1) is 18.8 Å². The Bertz CT molecular complexity index is 1200. The Hall–Kier alpha value is -3.96. The lowest BCUT2D eigenvalue weighted by atomic mass is 9.97. The largest absolute Gasteiger partial charge is 0.481 e. The standard InChI is InChI=1S/C30H41N5O6/c1-19(2)15-25(28(37)31-17-23(29(38)39)26-18-41-14-13-35(26)4)33-27(36)16-21-9-11-22(12-10-21)32-30(40)34-24-8-6-5-7-20(24)3/h5-12,19,23,25-26H,13-18H2,1-4H3,(H,31,37)(H,33,36)(H,38,39)(H2,32,34,40)/t23?,25-,26+/m0/s1. The van der Waals surface area contributed by atoms with Crippen LogP contribution >= 0.6 is 0 Å². The van der Waals surface area contributed by atoms with Gasteiger partial charge in [-0.25, -0.2) is 4.79 Å². The van der Waals surface area contributed by atoms with Gasteiger partial charge in [0.25, 0.3) is 0 Å². The number of likely N-dealkylation sites (N-methyl/N-ethyl adjacent to an activating group) is 1. The van der Waals surface area contributed by atoms with E-state index < -0.39 is 23.8 Å². The number of carbonyl (C=O) groups excluding carboxylic acids is 3. The molecule has 222 valence electrons. The van der Waals surface area contributed by atoms with E-state index in [4.69, 9.17) is 4.74 Å². The van der Waals surface area contributed by atoms with Gasteiger partial charge < -0.3 is 31.1 Å². The molecular formula is C30H41N5O6. The Morgan fingerprint density at radius 3 is 2.39 bits per heavy atom. The molecule has 41 heavy (non-hydrogen) atoms. The van der Waals surface area contributed by atoms with Gasteiger partial charge in [-0.1, -0.05) is 44.2 Å². The highest BCUT2D eigenvalue weighted by Crippen LogP contribution is 2.17. The van der Waals surface area contributed by atoms with Gasteiger partial charge in [-0.3, -0.25) is 19.3 Å². The third-order valence-corrected chi connectivity index (χ3v) is 7.05. The van der Waals surface area contributed by atoms with Gasteiger partial charge in [-0.15, -0.1) is 0 Å². The number of anilines is 2. The van der Waals surface area contributed by atoms with E-state index in [9.17, 15) is 24.3 Å². The normalized spacial score (nSPS) is 16.9. The van der Waals surface area contributed by atoms with Crippen molar-refractivity contribution in [2.45, 2.75) is 45.7 Å². The Morgan fingerprint density at radius 2 is 1.76 bits per heavy atom. The van der Waals surface area contributed by atoms with Crippen LogP contribution in [0.1, 0.15) is 31.4 Å². The molecule has 0 spiro atoms. The summed E-state index contributed by atoms with van der Waals surface area (Å²) >= 11 is 0. The van der Waals surface area contributed by atoms with E-state index >= 15 is 0 Å². The highest BCUT2D eigenvalue weighted by Gasteiger charge is 2.34. The monoisotopic (exact) mass is 567 g/mol. The van der Waals surface area contributed by atoms with Crippen molar-refractivity contribution in [1.29, 1.82) is 0 Å². The number of carboxylic acid groups (broad SMARTS) is 1. The highest BCUT2D eigenvalue weighted by atomic mass is 16.5. The summed E-state index contributed by atoms with van der Waals surface area (Å²) in [6.45, 7) is 7.17. The summed E-state index contributed by atoms with van der Waals surface area (Å²) in [5, 5.41) is 20.9. The van der Waals surface area contributed by atoms with Crippen LogP contribution in [0.15, 0.2) is 48.5 Å². The molecule has 4 amide bonds. The van der Waals surface area contributed by atoms with Crippen LogP contribution in [0.3, 0.4) is 0 Å². The van der Waals surface area contributed by atoms with Crippen molar-refractivity contribution in [3.05, 3.63) is 59.7 Å². The van der Waals surface area contributed by atoms with Crippen molar-refractivity contribution in [3.8, 4) is 0 Å². The first-order valence-corrected chi connectivity index (χ1v) is 13.8. The molecule has 3 atom stereocenters. The highest BCUT2D eigenvalue weighted by molar-refractivity contribution is 6.00. The Morgan fingerprint density at radius 1 is 1.05 bits per heavy atom. The van der Waals surface area contributed by atoms with E-state index in [-0.39, 0.29) is 43.5 Å². The average molecular weight is 568 g/mol. The van der Waals surface area contributed by atoms with E-state index in [1.807, 2.05) is 57.0 Å². The van der Waals surface area contributed by atoms with Crippen molar-refractivity contribution in [2.24, 2.45) is 11.8 Å². The lowest BCUT2D eigenvalue weighted by molar-refractivity contribution is -0.147. The van der Waals surface area contributed by atoms with Crippen LogP contribution in [-0.4, -0.2) is 79.3 Å². The SMILES string of the molecule is Cc1ccccc1NC(=O)Nc1ccc(CC(=O)N[C@@H](CC(C)C)C(=O)NCC(C(=O)O)[C@H]2COCCN2C)cc1. The van der Waals surface area contributed by atoms with Gasteiger partial charge in [-0.2, -0.15) is 0 Å². The second-order valence-electron chi connectivity index (χ2n) is 10.8. The number of carbonyl (C=O) groups is 4. The molecular weight excluding hydrogens is 526 g/mol. The second kappa shape index (κ2) is 15.2. The van der Waals surface area contributed by atoms with Crippen molar-refractivity contribution >= 4 is 35.2 Å². The molecule has 5 N–H and O–H groups in total. The first-order chi connectivity index (χ1) is 19.5. The fraction of sp³-hybridized carbons (Fsp3) is 0.467.